The number of unbranched alkanes of at least 4 members (excludes halogenated alkanes) is 2. The standard InChI is InChI=1S/C28H27N5O2.C28H31N5O2.C25H20N4O2.C5H14N2.C3H9NO.B.Cl2OS.Na.H/c1-20-17-26(33(32-20)25-14-7-12-23(19-25)29-2)28(35)31-24-13-6-11-22(18-24)27(30-15-8-16-34)21-9-4-3-5-10-21;1-20-16-26(33(32-20)25-13-5-8-21(17-25)19-29)28(35)31-24-12-6-11-23(18-24)27(30-14-7-15-34)22-9-3-2-4-10-22;1-17-14-23(29(28-17)22-13-7-11-20(16-22)26-2)25(31)27-21-12-6-10-19(15-21)24(30)18-8-4-3-5-9-18;6-4-2-1-3-5-7;4-2-1-3-5;;1-4(2)3;;/h3-7,9-14,17-19,27,30,34H,8,15-16H2,1H3,(H,31,35);2-6,8-13,16-18,27,30,34H,7,14-15,19,29H2,1H3,(H,31,35);3-16,24,30H,1H3,(H,27,31);1-7H2;5H,1-4H2;;;;/q;;;;;;;+1;-1. The minimum Gasteiger partial charge on any atom is -1.00 e. The van der Waals surface area contributed by atoms with Crippen LogP contribution in [0, 0.1) is 33.9 Å². The van der Waals surface area contributed by atoms with Gasteiger partial charge in [-0.3, -0.25) is 14.4 Å². The van der Waals surface area contributed by atoms with Crippen molar-refractivity contribution in [3.8, 4) is 17.1 Å². The first-order valence-corrected chi connectivity index (χ1v) is 40.7. The number of aromatic nitrogens is 6. The SMILES string of the molecule is Cc1cc(C(=O)Nc2cccc(C(NCCCO)c3ccccc3)c2)n(-c2cccc(CN)c2)n1.NCCCCCN.NCCCO.O=S(Cl)Cl.[B].[C-]#[N+]c1cccc(-n2nc(C)cc2C(=O)Nc2cccc(C(NCCCO)c3ccccc3)c2)c1.[C-]#[N+]c1cccc(-n2nc(C)cc2C(=O)Nc2cccc(C(O)c3ccccc3)c2)c1.[H-].[Na+]. The number of aliphatic hydroxyl groups is 4. The van der Waals surface area contributed by atoms with Crippen molar-refractivity contribution in [2.75, 3.05) is 68.5 Å². The predicted octanol–water partition coefficient (Wildman–Crippen LogP) is 11.2. The Hall–Kier alpha value is -10.6. The smallest absolute Gasteiger partial charge is 1.00 e. The fraction of sp³-hybridized carbons (Fsp3) is 0.236. The van der Waals surface area contributed by atoms with Crippen LogP contribution in [0.5, 0.6) is 0 Å². The molecule has 0 saturated heterocycles. The number of nitrogens with one attached hydrogen (secondary N) is 5. The van der Waals surface area contributed by atoms with E-state index in [1.54, 1.807) is 88.2 Å². The summed E-state index contributed by atoms with van der Waals surface area (Å²) in [5, 5.41) is 66.4. The van der Waals surface area contributed by atoms with Gasteiger partial charge >= 0.3 is 29.6 Å². The van der Waals surface area contributed by atoms with Crippen LogP contribution in [0.1, 0.15) is 146 Å². The molecule has 3 amide bonds. The Morgan fingerprint density at radius 2 is 0.748 bits per heavy atom. The van der Waals surface area contributed by atoms with Crippen LogP contribution < -0.4 is 79.1 Å². The maximum absolute atomic E-state index is 13.3. The molecule has 0 aliphatic carbocycles. The van der Waals surface area contributed by atoms with Gasteiger partial charge in [0.25, 0.3) is 17.7 Å². The molecular weight excluding hydrogens is 1570 g/mol. The number of aryl methyl sites for hydroxylation is 3. The van der Waals surface area contributed by atoms with Gasteiger partial charge in [0.1, 0.15) is 23.2 Å². The number of nitrogens with zero attached hydrogens (tertiary/aromatic N) is 8. The maximum atomic E-state index is 13.3. The van der Waals surface area contributed by atoms with Gasteiger partial charge in [0.15, 0.2) is 11.4 Å². The molecule has 0 aliphatic rings. The molecule has 25 nitrogen and oxygen atoms in total. The average molecular weight is 1670 g/mol. The van der Waals surface area contributed by atoms with Gasteiger partial charge in [-0.25, -0.2) is 27.9 Å². The number of rotatable bonds is 30. The van der Waals surface area contributed by atoms with E-state index >= 15 is 0 Å². The van der Waals surface area contributed by atoms with Crippen molar-refractivity contribution in [1.82, 2.24) is 40.0 Å². The van der Waals surface area contributed by atoms with Gasteiger partial charge in [0.2, 0.25) is 9.23 Å². The van der Waals surface area contributed by atoms with Crippen molar-refractivity contribution in [1.29, 1.82) is 0 Å². The summed E-state index contributed by atoms with van der Waals surface area (Å²) in [5.41, 5.74) is 36.2. The molecule has 12 rings (SSSR count). The number of aliphatic hydroxyl groups excluding tert-OH is 4. The molecule has 3 radical (unpaired) electrons. The number of carbonyl (C=O) groups excluding carboxylic acids is 3. The summed E-state index contributed by atoms with van der Waals surface area (Å²) in [6, 6.07) is 79.0. The number of nitrogens with two attached hydrogens (primary N) is 4. The molecule has 3 aromatic heterocycles. The van der Waals surface area contributed by atoms with Crippen molar-refractivity contribution in [2.24, 2.45) is 22.9 Å². The minimum absolute atomic E-state index is 0. The van der Waals surface area contributed by atoms with E-state index in [2.05, 4.69) is 97.2 Å². The van der Waals surface area contributed by atoms with Crippen LogP contribution in [-0.2, 0) is 15.8 Å². The molecule has 615 valence electrons. The zero-order valence-electron chi connectivity index (χ0n) is 68.1. The number of anilines is 3. The zero-order chi connectivity index (χ0) is 84.3. The van der Waals surface area contributed by atoms with Crippen LogP contribution in [0.3, 0.4) is 0 Å². The topological polar surface area (TPSA) is 376 Å². The average Bonchev–Trinajstić information content (AvgIpc) is 1.65. The fourth-order valence-corrected chi connectivity index (χ4v) is 11.9. The molecule has 3 unspecified atom stereocenters. The van der Waals surface area contributed by atoms with Gasteiger partial charge in [-0.05, 0) is 216 Å². The van der Waals surface area contributed by atoms with Gasteiger partial charge < -0.3 is 71.4 Å². The van der Waals surface area contributed by atoms with Crippen molar-refractivity contribution in [3.63, 3.8) is 0 Å². The molecule has 0 aliphatic heterocycles. The van der Waals surface area contributed by atoms with Crippen molar-refractivity contribution < 1.29 is 70.0 Å². The van der Waals surface area contributed by atoms with Crippen LogP contribution in [-0.4, -0.2) is 133 Å². The van der Waals surface area contributed by atoms with E-state index in [0.29, 0.717) is 113 Å². The molecule has 3 atom stereocenters. The van der Waals surface area contributed by atoms with E-state index < -0.39 is 15.3 Å². The second-order valence-electron chi connectivity index (χ2n) is 26.4. The monoisotopic (exact) mass is 1670 g/mol. The van der Waals surface area contributed by atoms with Crippen molar-refractivity contribution in [2.45, 2.75) is 84.0 Å². The molecular formula is C89H102BCl2N17NaO8S. The van der Waals surface area contributed by atoms with Crippen LogP contribution in [0.15, 0.2) is 255 Å². The van der Waals surface area contributed by atoms with Gasteiger partial charge in [-0.15, -0.1) is 0 Å². The van der Waals surface area contributed by atoms with Gasteiger partial charge in [-0.1, -0.05) is 170 Å². The number of halogens is 2. The molecule has 0 spiro atoms. The number of carbonyl (C=O) groups is 3. The van der Waals surface area contributed by atoms with E-state index in [-0.39, 0.29) is 89.0 Å². The first kappa shape index (κ1) is 99.0. The Balaban J connectivity index is 0.000000342. The molecule has 119 heavy (non-hydrogen) atoms. The normalized spacial score (nSPS) is 11.1. The second kappa shape index (κ2) is 54.5. The summed E-state index contributed by atoms with van der Waals surface area (Å²) in [6.45, 7) is 24.4. The maximum Gasteiger partial charge on any atom is 1.00 e. The molecule has 0 fully saturated rings. The van der Waals surface area contributed by atoms with Crippen molar-refractivity contribution >= 4 is 85.2 Å². The summed E-state index contributed by atoms with van der Waals surface area (Å²) in [7, 11) is 7.36. The predicted molar refractivity (Wildman–Crippen MR) is 474 cm³/mol. The van der Waals surface area contributed by atoms with Crippen LogP contribution in [0.2, 0.25) is 0 Å². The molecule has 9 aromatic carbocycles. The number of hydrogen-bond acceptors (Lipinski definition) is 17. The molecule has 0 bridgehead atoms. The van der Waals surface area contributed by atoms with Crippen LogP contribution in [0.4, 0.5) is 28.4 Å². The third-order valence-electron chi connectivity index (χ3n) is 17.4. The van der Waals surface area contributed by atoms with E-state index in [0.717, 1.165) is 77.1 Å². The first-order valence-electron chi connectivity index (χ1n) is 37.9. The van der Waals surface area contributed by atoms with Crippen LogP contribution >= 0.6 is 21.4 Å². The molecule has 12 aromatic rings. The largest absolute Gasteiger partial charge is 1.00 e. The Morgan fingerprint density at radius 1 is 0.429 bits per heavy atom. The summed E-state index contributed by atoms with van der Waals surface area (Å²) in [6.07, 6.45) is 4.68. The quantitative estimate of drug-likeness (QED) is 0.00861. The Bertz CT molecular complexity index is 5170. The minimum atomic E-state index is -1.67. The third kappa shape index (κ3) is 32.6. The molecule has 0 saturated carbocycles. The Morgan fingerprint density at radius 3 is 1.08 bits per heavy atom. The zero-order valence-corrected chi connectivity index (χ0v) is 71.5. The summed E-state index contributed by atoms with van der Waals surface area (Å²) in [4.78, 5) is 46.5. The van der Waals surface area contributed by atoms with E-state index in [1.807, 2.05) is 172 Å². The van der Waals surface area contributed by atoms with E-state index in [1.165, 1.54) is 11.1 Å². The van der Waals surface area contributed by atoms with E-state index in [4.69, 9.17) is 45.4 Å². The number of hydrogen-bond donors (Lipinski definition) is 13. The first-order chi connectivity index (χ1) is 56.8. The van der Waals surface area contributed by atoms with Gasteiger partial charge in [0, 0.05) is 73.2 Å². The Kier molecular flexibility index (Phi) is 45.3. The summed E-state index contributed by atoms with van der Waals surface area (Å²) < 4.78 is 13.8. The third-order valence-corrected chi connectivity index (χ3v) is 17.4. The summed E-state index contributed by atoms with van der Waals surface area (Å²) >= 11 is 0. The van der Waals surface area contributed by atoms with Gasteiger partial charge in [-0.2, -0.15) is 15.3 Å². The van der Waals surface area contributed by atoms with Gasteiger partial charge in [0.05, 0.1) is 59.4 Å². The van der Waals surface area contributed by atoms with E-state index in [9.17, 15) is 29.7 Å². The number of amides is 3. The summed E-state index contributed by atoms with van der Waals surface area (Å²) in [5.74, 6) is -0.869. The fourth-order valence-electron chi connectivity index (χ4n) is 11.9. The number of benzene rings is 9. The Labute approximate surface area is 733 Å². The van der Waals surface area contributed by atoms with Crippen molar-refractivity contribution in [3.05, 3.63) is 351 Å². The van der Waals surface area contributed by atoms with Crippen LogP contribution in [0.25, 0.3) is 26.8 Å². The molecule has 30 heteroatoms. The molecule has 3 heterocycles. The molecule has 17 N–H and O–H groups in total. The second-order valence-corrected chi connectivity index (χ2v) is 28.9.